The fourth-order valence-electron chi connectivity index (χ4n) is 1.40. The van der Waals surface area contributed by atoms with E-state index in [9.17, 15) is 0 Å². The fraction of sp³-hybridized carbons (Fsp3) is 0.818. The van der Waals surface area contributed by atoms with Gasteiger partial charge in [-0.05, 0) is 24.9 Å². The molecule has 0 spiro atoms. The minimum atomic E-state index is 0.611. The molecule has 0 aromatic rings. The summed E-state index contributed by atoms with van der Waals surface area (Å²) in [4.78, 5) is 2.38. The number of likely N-dealkylation sites (N-methyl/N-ethyl adjacent to an activating group) is 1. The predicted molar refractivity (Wildman–Crippen MR) is 59.7 cm³/mol. The van der Waals surface area contributed by atoms with Gasteiger partial charge in [-0.2, -0.15) is 0 Å². The van der Waals surface area contributed by atoms with E-state index in [2.05, 4.69) is 32.3 Å². The summed E-state index contributed by atoms with van der Waals surface area (Å²) >= 11 is 0. The summed E-state index contributed by atoms with van der Waals surface area (Å²) in [6.45, 7) is 14.3. The van der Waals surface area contributed by atoms with Gasteiger partial charge in [0.15, 0.2) is 0 Å². The third kappa shape index (κ3) is 5.06. The molecule has 0 saturated heterocycles. The maximum absolute atomic E-state index is 5.72. The van der Waals surface area contributed by atoms with Crippen molar-refractivity contribution in [2.45, 2.75) is 20.8 Å². The smallest absolute Gasteiger partial charge is 0.0160 e. The zero-order chi connectivity index (χ0) is 10.3. The van der Waals surface area contributed by atoms with E-state index in [1.54, 1.807) is 0 Å². The second-order valence-electron chi connectivity index (χ2n) is 3.88. The van der Waals surface area contributed by atoms with E-state index < -0.39 is 0 Å². The Labute approximate surface area is 82.8 Å². The van der Waals surface area contributed by atoms with Crippen LogP contribution in [0.5, 0.6) is 0 Å². The Morgan fingerprint density at radius 3 is 2.38 bits per heavy atom. The first-order chi connectivity index (χ1) is 6.15. The van der Waals surface area contributed by atoms with Gasteiger partial charge in [-0.3, -0.25) is 4.90 Å². The van der Waals surface area contributed by atoms with Crippen LogP contribution in [0.1, 0.15) is 20.8 Å². The SMILES string of the molecule is C=CCN(CC)CC(CN)C(C)C. The van der Waals surface area contributed by atoms with E-state index in [1.807, 2.05) is 6.08 Å². The first-order valence-corrected chi connectivity index (χ1v) is 5.19. The van der Waals surface area contributed by atoms with Gasteiger partial charge >= 0.3 is 0 Å². The van der Waals surface area contributed by atoms with E-state index in [-0.39, 0.29) is 0 Å². The average Bonchev–Trinajstić information content (AvgIpc) is 2.11. The molecule has 2 nitrogen and oxygen atoms in total. The van der Waals surface area contributed by atoms with Crippen molar-refractivity contribution >= 4 is 0 Å². The summed E-state index contributed by atoms with van der Waals surface area (Å²) in [5, 5.41) is 0. The van der Waals surface area contributed by atoms with Gasteiger partial charge in [0.05, 0.1) is 0 Å². The summed E-state index contributed by atoms with van der Waals surface area (Å²) in [5.41, 5.74) is 5.72. The first kappa shape index (κ1) is 12.7. The maximum Gasteiger partial charge on any atom is 0.0160 e. The molecular weight excluding hydrogens is 160 g/mol. The zero-order valence-electron chi connectivity index (χ0n) is 9.29. The van der Waals surface area contributed by atoms with Gasteiger partial charge in [0.25, 0.3) is 0 Å². The molecule has 0 aromatic carbocycles. The van der Waals surface area contributed by atoms with Gasteiger partial charge in [-0.25, -0.2) is 0 Å². The minimum Gasteiger partial charge on any atom is -0.330 e. The number of nitrogens with zero attached hydrogens (tertiary/aromatic N) is 1. The lowest BCUT2D eigenvalue weighted by Gasteiger charge is -2.26. The van der Waals surface area contributed by atoms with Gasteiger partial charge in [0.1, 0.15) is 0 Å². The lowest BCUT2D eigenvalue weighted by atomic mass is 9.95. The van der Waals surface area contributed by atoms with Crippen molar-refractivity contribution in [1.82, 2.24) is 4.90 Å². The first-order valence-electron chi connectivity index (χ1n) is 5.19. The highest BCUT2D eigenvalue weighted by Gasteiger charge is 2.14. The van der Waals surface area contributed by atoms with Crippen molar-refractivity contribution in [3.8, 4) is 0 Å². The van der Waals surface area contributed by atoms with Crippen molar-refractivity contribution in [3.05, 3.63) is 12.7 Å². The van der Waals surface area contributed by atoms with Crippen molar-refractivity contribution in [2.24, 2.45) is 17.6 Å². The van der Waals surface area contributed by atoms with Crippen molar-refractivity contribution in [2.75, 3.05) is 26.2 Å². The second-order valence-corrected chi connectivity index (χ2v) is 3.88. The number of hydrogen-bond acceptors (Lipinski definition) is 2. The summed E-state index contributed by atoms with van der Waals surface area (Å²) < 4.78 is 0. The van der Waals surface area contributed by atoms with Crippen LogP contribution in [0.25, 0.3) is 0 Å². The number of rotatable bonds is 7. The molecule has 0 saturated carbocycles. The molecule has 0 aromatic heterocycles. The standard InChI is InChI=1S/C11H24N2/c1-5-7-13(6-2)9-11(8-12)10(3)4/h5,10-11H,1,6-9,12H2,2-4H3. The molecule has 0 rings (SSSR count). The van der Waals surface area contributed by atoms with Crippen LogP contribution in [0.15, 0.2) is 12.7 Å². The summed E-state index contributed by atoms with van der Waals surface area (Å²) in [6, 6.07) is 0. The molecule has 1 atom stereocenters. The zero-order valence-corrected chi connectivity index (χ0v) is 9.29. The molecule has 0 bridgehead atoms. The second kappa shape index (κ2) is 7.10. The van der Waals surface area contributed by atoms with E-state index in [1.165, 1.54) is 0 Å². The lowest BCUT2D eigenvalue weighted by molar-refractivity contribution is 0.230. The molecule has 0 aliphatic rings. The summed E-state index contributed by atoms with van der Waals surface area (Å²) in [7, 11) is 0. The molecule has 0 aliphatic heterocycles. The third-order valence-electron chi connectivity index (χ3n) is 2.57. The highest BCUT2D eigenvalue weighted by molar-refractivity contribution is 4.76. The Bertz CT molecular complexity index is 132. The molecular formula is C11H24N2. The van der Waals surface area contributed by atoms with Crippen LogP contribution in [0.3, 0.4) is 0 Å². The van der Waals surface area contributed by atoms with Gasteiger partial charge in [0, 0.05) is 13.1 Å². The molecule has 2 heteroatoms. The Balaban J connectivity index is 3.94. The highest BCUT2D eigenvalue weighted by Crippen LogP contribution is 2.10. The van der Waals surface area contributed by atoms with Crippen LogP contribution < -0.4 is 5.73 Å². The molecule has 0 aliphatic carbocycles. The van der Waals surface area contributed by atoms with Crippen LogP contribution in [-0.2, 0) is 0 Å². The Kier molecular flexibility index (Phi) is 6.92. The Morgan fingerprint density at radius 1 is 1.46 bits per heavy atom. The third-order valence-corrected chi connectivity index (χ3v) is 2.57. The molecule has 0 fully saturated rings. The normalized spacial score (nSPS) is 13.7. The largest absolute Gasteiger partial charge is 0.330 e. The number of hydrogen-bond donors (Lipinski definition) is 1. The molecule has 78 valence electrons. The van der Waals surface area contributed by atoms with E-state index >= 15 is 0 Å². The van der Waals surface area contributed by atoms with Crippen LogP contribution in [0, 0.1) is 11.8 Å². The maximum atomic E-state index is 5.72. The van der Waals surface area contributed by atoms with Gasteiger partial charge < -0.3 is 5.73 Å². The molecule has 0 amide bonds. The van der Waals surface area contributed by atoms with Gasteiger partial charge in [-0.15, -0.1) is 6.58 Å². The molecule has 2 N–H and O–H groups in total. The fourth-order valence-corrected chi connectivity index (χ4v) is 1.40. The van der Waals surface area contributed by atoms with Crippen molar-refractivity contribution < 1.29 is 0 Å². The predicted octanol–water partition coefficient (Wildman–Crippen LogP) is 1.73. The quantitative estimate of drug-likeness (QED) is 0.611. The highest BCUT2D eigenvalue weighted by atomic mass is 15.1. The van der Waals surface area contributed by atoms with Gasteiger partial charge in [0.2, 0.25) is 0 Å². The van der Waals surface area contributed by atoms with E-state index in [0.717, 1.165) is 26.2 Å². The summed E-state index contributed by atoms with van der Waals surface area (Å²) in [5.74, 6) is 1.28. The molecule has 13 heavy (non-hydrogen) atoms. The van der Waals surface area contributed by atoms with E-state index in [0.29, 0.717) is 11.8 Å². The lowest BCUT2D eigenvalue weighted by Crippen LogP contribution is -2.35. The van der Waals surface area contributed by atoms with Crippen molar-refractivity contribution in [1.29, 1.82) is 0 Å². The van der Waals surface area contributed by atoms with Crippen LogP contribution in [0.2, 0.25) is 0 Å². The topological polar surface area (TPSA) is 29.3 Å². The number of nitrogens with two attached hydrogens (primary N) is 1. The van der Waals surface area contributed by atoms with Crippen molar-refractivity contribution in [3.63, 3.8) is 0 Å². The monoisotopic (exact) mass is 184 g/mol. The Hall–Kier alpha value is -0.340. The molecule has 1 unspecified atom stereocenters. The van der Waals surface area contributed by atoms with Gasteiger partial charge in [-0.1, -0.05) is 26.8 Å². The molecule has 0 heterocycles. The summed E-state index contributed by atoms with van der Waals surface area (Å²) in [6.07, 6.45) is 1.96. The molecule has 0 radical (unpaired) electrons. The van der Waals surface area contributed by atoms with E-state index in [4.69, 9.17) is 5.73 Å². The van der Waals surface area contributed by atoms with Crippen LogP contribution >= 0.6 is 0 Å². The Morgan fingerprint density at radius 2 is 2.08 bits per heavy atom. The van der Waals surface area contributed by atoms with Crippen LogP contribution in [0.4, 0.5) is 0 Å². The van der Waals surface area contributed by atoms with Crippen LogP contribution in [-0.4, -0.2) is 31.1 Å². The minimum absolute atomic E-state index is 0.611. The average molecular weight is 184 g/mol.